The lowest BCUT2D eigenvalue weighted by molar-refractivity contribution is -0.152. The number of hydrogen-bond acceptors (Lipinski definition) is 16. The van der Waals surface area contributed by atoms with Gasteiger partial charge in [-0.3, -0.25) is 0 Å². The van der Waals surface area contributed by atoms with Crippen molar-refractivity contribution in [3.63, 3.8) is 0 Å². The summed E-state index contributed by atoms with van der Waals surface area (Å²) in [7, 11) is 0.342. The first-order valence-corrected chi connectivity index (χ1v) is 39.8. The van der Waals surface area contributed by atoms with Crippen LogP contribution in [0.5, 0.6) is 23.0 Å². The molecular formula is C74H102O17Si2. The van der Waals surface area contributed by atoms with Crippen molar-refractivity contribution in [3.8, 4) is 23.0 Å². The molecule has 17 nitrogen and oxygen atoms in total. The van der Waals surface area contributed by atoms with Gasteiger partial charge < -0.3 is 62.3 Å². The third kappa shape index (κ3) is 23.8. The number of cyclic esters (lactones) is 1. The highest BCUT2D eigenvalue weighted by atomic mass is 28.3. The van der Waals surface area contributed by atoms with Gasteiger partial charge in [-0.15, -0.1) is 0 Å². The third-order valence-corrected chi connectivity index (χ3v) is 20.0. The van der Waals surface area contributed by atoms with Crippen molar-refractivity contribution in [1.82, 2.24) is 0 Å². The lowest BCUT2D eigenvalue weighted by Gasteiger charge is -2.27. The maximum absolute atomic E-state index is 13.8. The standard InChI is InChI=1S/C38H54O8Si.C36H48O9Si/c1-26(27(2)39)17-18-33(46-37(42)28-13-10-9-11-14-28)32-24-38(3,4)23-30(32)16-12-15-29-21-31(44-19-20-47(6,7)8)22-34(45-25-43-5)35(29)36(40)41;1-24-17-18-29(43-34(37)26-13-10-9-11-14-26)33-30(44-36(3,4)45-33)16-12-15-27-21-28(40-19-20-46(6,7)8)22-31(41-23-39-5)32(27)35(38)42-25(24)2/h9-15,17-18,21-22,26-27,30,32-33,39H,16,19-20,23-25H2,1-8H3,(H,40,41);9-15,17-18,21-22,24-25,29-30,33H,16,19-20,23H2,1-8H3/b2*15-12+,18-17-/t26-,27+,30?,32?,33?;24-,25+,29?,30+,33-/m11/s1. The lowest BCUT2D eigenvalue weighted by Crippen LogP contribution is -2.37. The van der Waals surface area contributed by atoms with Crippen LogP contribution < -0.4 is 18.9 Å². The van der Waals surface area contributed by atoms with Crippen molar-refractivity contribution in [2.45, 2.75) is 175 Å². The number of methoxy groups -OCH3 is 2. The summed E-state index contributed by atoms with van der Waals surface area (Å²) in [5, 5.41) is 20.3. The van der Waals surface area contributed by atoms with Crippen LogP contribution in [0.15, 0.2) is 121 Å². The summed E-state index contributed by atoms with van der Waals surface area (Å²) >= 11 is 0. The summed E-state index contributed by atoms with van der Waals surface area (Å²) in [6.07, 6.45) is 14.6. The molecule has 7 rings (SSSR count). The molecule has 2 N–H and O–H groups in total. The Balaban J connectivity index is 0.000000295. The van der Waals surface area contributed by atoms with Gasteiger partial charge in [-0.05, 0) is 142 Å². The average Bonchev–Trinajstić information content (AvgIpc) is 1.83. The fourth-order valence-corrected chi connectivity index (χ4v) is 12.6. The SMILES string of the molecule is COCOc1cc(OCC[Si](C)(C)C)cc(/C=C/CC2CC(C)(C)CC2C(/C=C\[C@@H](C)[C@H](C)O)OC(=O)c2ccccc2)c1C(=O)O.COCOc1cc(OCC[Si](C)(C)C)cc2c1C(=O)O[C@@H](C)[C@H](C)/C=C\C(OC(=O)c1ccccc1)[C@H]1OC(C)(C)O[C@H]1C/C=C/2. The predicted molar refractivity (Wildman–Crippen MR) is 368 cm³/mol. The minimum atomic E-state index is -1.33. The molecule has 3 aliphatic rings. The van der Waals surface area contributed by atoms with E-state index in [-0.39, 0.29) is 65.5 Å². The summed E-state index contributed by atoms with van der Waals surface area (Å²) in [4.78, 5) is 52.6. The Hall–Kier alpha value is -6.85. The average molecular weight is 1320 g/mol. The number of hydrogen-bond donors (Lipinski definition) is 2. The van der Waals surface area contributed by atoms with Crippen LogP contribution in [0.25, 0.3) is 12.2 Å². The Bertz CT molecular complexity index is 3200. The van der Waals surface area contributed by atoms with Crippen LogP contribution in [0.1, 0.15) is 134 Å². The molecule has 4 aromatic rings. The van der Waals surface area contributed by atoms with E-state index >= 15 is 0 Å². The Morgan fingerprint density at radius 2 is 1.31 bits per heavy atom. The number of carboxylic acids is 1. The van der Waals surface area contributed by atoms with Gasteiger partial charge in [0.15, 0.2) is 19.4 Å². The van der Waals surface area contributed by atoms with Crippen molar-refractivity contribution < 1.29 is 81.5 Å². The van der Waals surface area contributed by atoms with Gasteiger partial charge in [-0.1, -0.05) is 140 Å². The smallest absolute Gasteiger partial charge is 0.342 e. The zero-order chi connectivity index (χ0) is 68.3. The molecule has 19 heteroatoms. The highest BCUT2D eigenvalue weighted by Crippen LogP contribution is 2.49. The molecular weight excluding hydrogens is 1220 g/mol. The summed E-state index contributed by atoms with van der Waals surface area (Å²) in [6.45, 7) is 30.2. The maximum Gasteiger partial charge on any atom is 0.342 e. The summed E-state index contributed by atoms with van der Waals surface area (Å²) in [6, 6.07) is 26.7. The van der Waals surface area contributed by atoms with Gasteiger partial charge in [0.1, 0.15) is 58.5 Å². The van der Waals surface area contributed by atoms with Crippen LogP contribution in [0, 0.1) is 29.1 Å². The largest absolute Gasteiger partial charge is 0.494 e. The molecule has 2 heterocycles. The molecule has 0 aromatic heterocycles. The van der Waals surface area contributed by atoms with E-state index in [1.807, 2.05) is 107 Å². The van der Waals surface area contributed by atoms with E-state index in [0.29, 0.717) is 65.6 Å². The van der Waals surface area contributed by atoms with E-state index in [4.69, 9.17) is 52.1 Å². The van der Waals surface area contributed by atoms with Gasteiger partial charge in [0.25, 0.3) is 0 Å². The zero-order valence-corrected chi connectivity index (χ0v) is 59.6. The van der Waals surface area contributed by atoms with E-state index in [0.717, 1.165) is 24.9 Å². The minimum absolute atomic E-state index is 0.0157. The second kappa shape index (κ2) is 34.5. The van der Waals surface area contributed by atoms with E-state index in [1.54, 1.807) is 67.6 Å². The predicted octanol–water partition coefficient (Wildman–Crippen LogP) is 15.6. The molecule has 0 spiro atoms. The number of fused-ring (bicyclic) bond motifs is 2. The van der Waals surface area contributed by atoms with Crippen LogP contribution in [-0.4, -0.2) is 134 Å². The first-order valence-electron chi connectivity index (χ1n) is 32.4. The summed E-state index contributed by atoms with van der Waals surface area (Å²) < 4.78 is 64.9. The van der Waals surface area contributed by atoms with Gasteiger partial charge in [0.2, 0.25) is 0 Å². The second-order valence-corrected chi connectivity index (χ2v) is 39.5. The molecule has 0 amide bonds. The Kier molecular flexibility index (Phi) is 27.9. The van der Waals surface area contributed by atoms with Crippen molar-refractivity contribution in [2.75, 3.05) is 41.0 Å². The van der Waals surface area contributed by atoms with E-state index in [9.17, 15) is 29.4 Å². The number of esters is 3. The Morgan fingerprint density at radius 1 is 0.731 bits per heavy atom. The van der Waals surface area contributed by atoms with Crippen LogP contribution in [0.4, 0.5) is 0 Å². The van der Waals surface area contributed by atoms with Gasteiger partial charge in [-0.2, -0.15) is 0 Å². The second-order valence-electron chi connectivity index (χ2n) is 28.2. The molecule has 0 bridgehead atoms. The number of ether oxygens (including phenoxy) is 11. The number of aliphatic hydroxyl groups excluding tert-OH is 1. The first kappa shape index (κ1) is 75.2. The highest BCUT2D eigenvalue weighted by molar-refractivity contribution is 6.76. The van der Waals surface area contributed by atoms with E-state index in [1.165, 1.54) is 14.2 Å². The van der Waals surface area contributed by atoms with Crippen molar-refractivity contribution in [3.05, 3.63) is 155 Å². The van der Waals surface area contributed by atoms with Crippen LogP contribution in [-0.2, 0) is 33.2 Å². The molecule has 0 radical (unpaired) electrons. The number of aromatic carboxylic acids is 1. The molecule has 1 saturated carbocycles. The number of carboxylic acid groups (broad SMARTS) is 1. The molecule has 2 fully saturated rings. The molecule has 1 saturated heterocycles. The number of aliphatic hydroxyl groups is 1. The van der Waals surface area contributed by atoms with Crippen molar-refractivity contribution in [1.29, 1.82) is 0 Å². The number of allylic oxidation sites excluding steroid dienone is 1. The molecule has 1 aliphatic carbocycles. The lowest BCUT2D eigenvalue weighted by atomic mass is 9.86. The van der Waals surface area contributed by atoms with Crippen LogP contribution in [0.2, 0.25) is 51.4 Å². The van der Waals surface area contributed by atoms with Crippen LogP contribution in [0.3, 0.4) is 0 Å². The topological polar surface area (TPSA) is 210 Å². The van der Waals surface area contributed by atoms with E-state index in [2.05, 4.69) is 53.1 Å². The molecule has 93 heavy (non-hydrogen) atoms. The monoisotopic (exact) mass is 1320 g/mol. The zero-order valence-electron chi connectivity index (χ0n) is 57.6. The minimum Gasteiger partial charge on any atom is -0.494 e. The fourth-order valence-electron chi connectivity index (χ4n) is 11.2. The molecule has 508 valence electrons. The van der Waals surface area contributed by atoms with Crippen molar-refractivity contribution >= 4 is 52.2 Å². The summed E-state index contributed by atoms with van der Waals surface area (Å²) in [5.74, 6) is -1.92. The molecule has 4 aromatic carbocycles. The fraction of sp³-hybridized carbons (Fsp3) is 0.514. The first-order chi connectivity index (χ1) is 43.9. The summed E-state index contributed by atoms with van der Waals surface area (Å²) in [5.41, 5.74) is 2.33. The molecule has 4 unspecified atom stereocenters. The van der Waals surface area contributed by atoms with Crippen molar-refractivity contribution in [2.24, 2.45) is 29.1 Å². The normalized spacial score (nSPS) is 22.9. The quantitative estimate of drug-likeness (QED) is 0.0197. The van der Waals surface area contributed by atoms with Gasteiger partial charge in [-0.25, -0.2) is 19.2 Å². The Morgan fingerprint density at radius 3 is 1.89 bits per heavy atom. The molecule has 10 atom stereocenters. The highest BCUT2D eigenvalue weighted by Gasteiger charge is 2.46. The number of carbonyl (C=O) groups is 4. The maximum atomic E-state index is 13.8. The number of carbonyl (C=O) groups excluding carboxylic acids is 3. The van der Waals surface area contributed by atoms with E-state index < -0.39 is 76.5 Å². The Labute approximate surface area is 553 Å². The molecule has 2 aliphatic heterocycles. The number of rotatable bonds is 26. The van der Waals surface area contributed by atoms with Gasteiger partial charge >= 0.3 is 23.9 Å². The third-order valence-electron chi connectivity index (χ3n) is 16.6. The van der Waals surface area contributed by atoms with Crippen LogP contribution >= 0.6 is 0 Å². The van der Waals surface area contributed by atoms with Gasteiger partial charge in [0.05, 0.1) is 36.5 Å². The number of benzene rings is 4. The van der Waals surface area contributed by atoms with Gasteiger partial charge in [0, 0.05) is 54.3 Å².